The molecule has 0 radical (unpaired) electrons. The molecule has 1 unspecified atom stereocenters. The number of benzene rings is 2. The Morgan fingerprint density at radius 2 is 1.95 bits per heavy atom. The van der Waals surface area contributed by atoms with Gasteiger partial charge in [-0.05, 0) is 37.3 Å². The zero-order valence-electron chi connectivity index (χ0n) is 10.7. The van der Waals surface area contributed by atoms with Crippen LogP contribution in [0, 0.1) is 12.7 Å². The Labute approximate surface area is 124 Å². The van der Waals surface area contributed by atoms with Gasteiger partial charge in [-0.3, -0.25) is 0 Å². The molecule has 0 aliphatic carbocycles. The summed E-state index contributed by atoms with van der Waals surface area (Å²) in [6.45, 7) is 1.98. The van der Waals surface area contributed by atoms with Crippen molar-refractivity contribution in [1.29, 1.82) is 0 Å². The Balaban J connectivity index is 2.05. The summed E-state index contributed by atoms with van der Waals surface area (Å²) in [5, 5.41) is 11.2. The van der Waals surface area contributed by atoms with Crippen molar-refractivity contribution >= 4 is 26.9 Å². The fourth-order valence-electron chi connectivity index (χ4n) is 2.19. The van der Waals surface area contributed by atoms with E-state index < -0.39 is 11.9 Å². The van der Waals surface area contributed by atoms with Crippen LogP contribution in [0.25, 0.3) is 11.0 Å². The molecular weight excluding hydrogens is 323 g/mol. The predicted octanol–water partition coefficient (Wildman–Crippen LogP) is 4.72. The van der Waals surface area contributed by atoms with Gasteiger partial charge in [0.25, 0.3) is 0 Å². The Kier molecular flexibility index (Phi) is 3.36. The number of aryl methyl sites for hydroxylation is 1. The molecule has 0 amide bonds. The Morgan fingerprint density at radius 1 is 1.15 bits per heavy atom. The molecule has 0 bridgehead atoms. The first-order chi connectivity index (χ1) is 9.54. The number of fused-ring (bicyclic) bond motifs is 1. The van der Waals surface area contributed by atoms with Gasteiger partial charge in [-0.1, -0.05) is 33.6 Å². The molecule has 2 aromatic carbocycles. The van der Waals surface area contributed by atoms with Gasteiger partial charge in [-0.25, -0.2) is 4.39 Å². The van der Waals surface area contributed by atoms with Crippen molar-refractivity contribution in [3.8, 4) is 0 Å². The maximum atomic E-state index is 13.9. The van der Waals surface area contributed by atoms with Crippen molar-refractivity contribution in [1.82, 2.24) is 0 Å². The first-order valence-corrected chi connectivity index (χ1v) is 6.97. The standard InChI is InChI=1S/C16H12BrFO2/c1-9-2-5-14-10(6-9)7-15(20-14)16(19)12-4-3-11(17)8-13(12)18/h2-8,16,19H,1H3. The van der Waals surface area contributed by atoms with E-state index >= 15 is 0 Å². The van der Waals surface area contributed by atoms with E-state index in [1.165, 1.54) is 6.07 Å². The molecule has 1 aromatic heterocycles. The van der Waals surface area contributed by atoms with Gasteiger partial charge in [0.05, 0.1) is 0 Å². The number of halogens is 2. The van der Waals surface area contributed by atoms with Crippen LogP contribution < -0.4 is 0 Å². The minimum absolute atomic E-state index is 0.198. The van der Waals surface area contributed by atoms with Gasteiger partial charge in [-0.2, -0.15) is 0 Å². The highest BCUT2D eigenvalue weighted by atomic mass is 79.9. The third-order valence-corrected chi connectivity index (χ3v) is 3.71. The van der Waals surface area contributed by atoms with Gasteiger partial charge in [0, 0.05) is 15.4 Å². The third kappa shape index (κ3) is 2.37. The quantitative estimate of drug-likeness (QED) is 0.735. The molecule has 4 heteroatoms. The molecule has 20 heavy (non-hydrogen) atoms. The highest BCUT2D eigenvalue weighted by Crippen LogP contribution is 2.30. The summed E-state index contributed by atoms with van der Waals surface area (Å²) in [4.78, 5) is 0. The van der Waals surface area contributed by atoms with E-state index in [1.807, 2.05) is 25.1 Å². The Bertz CT molecular complexity index is 779. The van der Waals surface area contributed by atoms with Crippen molar-refractivity contribution in [3.05, 3.63) is 69.6 Å². The lowest BCUT2D eigenvalue weighted by Gasteiger charge is -2.09. The minimum atomic E-state index is -1.11. The number of aliphatic hydroxyl groups is 1. The first kappa shape index (κ1) is 13.3. The summed E-state index contributed by atoms with van der Waals surface area (Å²) < 4.78 is 20.1. The Morgan fingerprint density at radius 3 is 2.70 bits per heavy atom. The maximum absolute atomic E-state index is 13.9. The zero-order chi connectivity index (χ0) is 14.3. The second kappa shape index (κ2) is 5.04. The fraction of sp³-hybridized carbons (Fsp3) is 0.125. The van der Waals surface area contributed by atoms with Crippen LogP contribution in [0.4, 0.5) is 4.39 Å². The van der Waals surface area contributed by atoms with Gasteiger partial charge in [-0.15, -0.1) is 0 Å². The second-order valence-corrected chi connectivity index (χ2v) is 5.67. The molecule has 1 N–H and O–H groups in total. The zero-order valence-corrected chi connectivity index (χ0v) is 12.3. The van der Waals surface area contributed by atoms with Crippen molar-refractivity contribution < 1.29 is 13.9 Å². The average molecular weight is 335 g/mol. The van der Waals surface area contributed by atoms with Crippen LogP contribution in [0.5, 0.6) is 0 Å². The van der Waals surface area contributed by atoms with Crippen LogP contribution in [0.15, 0.2) is 51.4 Å². The lowest BCUT2D eigenvalue weighted by molar-refractivity contribution is 0.187. The number of furan rings is 1. The molecule has 0 spiro atoms. The summed E-state index contributed by atoms with van der Waals surface area (Å²) >= 11 is 3.19. The maximum Gasteiger partial charge on any atom is 0.139 e. The summed E-state index contributed by atoms with van der Waals surface area (Å²) in [7, 11) is 0. The number of rotatable bonds is 2. The number of aliphatic hydroxyl groups excluding tert-OH is 1. The molecule has 0 aliphatic heterocycles. The van der Waals surface area contributed by atoms with Crippen LogP contribution in [0.2, 0.25) is 0 Å². The largest absolute Gasteiger partial charge is 0.458 e. The highest BCUT2D eigenvalue weighted by Gasteiger charge is 2.19. The molecule has 0 saturated heterocycles. The van der Waals surface area contributed by atoms with E-state index in [0.29, 0.717) is 15.8 Å². The SMILES string of the molecule is Cc1ccc2oc(C(O)c3ccc(Br)cc3F)cc2c1. The fourth-order valence-corrected chi connectivity index (χ4v) is 2.53. The van der Waals surface area contributed by atoms with Crippen molar-refractivity contribution in [2.24, 2.45) is 0 Å². The van der Waals surface area contributed by atoms with Gasteiger partial charge in [0.15, 0.2) is 0 Å². The summed E-state index contributed by atoms with van der Waals surface area (Å²) in [5.74, 6) is -0.129. The summed E-state index contributed by atoms with van der Waals surface area (Å²) in [6, 6.07) is 12.0. The van der Waals surface area contributed by atoms with Crippen molar-refractivity contribution in [3.63, 3.8) is 0 Å². The molecule has 0 aliphatic rings. The molecule has 3 aromatic rings. The predicted molar refractivity (Wildman–Crippen MR) is 79.1 cm³/mol. The lowest BCUT2D eigenvalue weighted by atomic mass is 10.1. The normalized spacial score (nSPS) is 12.8. The molecule has 1 atom stereocenters. The monoisotopic (exact) mass is 334 g/mol. The lowest BCUT2D eigenvalue weighted by Crippen LogP contribution is -2.01. The molecule has 2 nitrogen and oxygen atoms in total. The van der Waals surface area contributed by atoms with Gasteiger partial charge >= 0.3 is 0 Å². The van der Waals surface area contributed by atoms with Crippen LogP contribution in [0.1, 0.15) is 23.0 Å². The highest BCUT2D eigenvalue weighted by molar-refractivity contribution is 9.10. The summed E-state index contributed by atoms with van der Waals surface area (Å²) in [6.07, 6.45) is -1.11. The van der Waals surface area contributed by atoms with Crippen molar-refractivity contribution in [2.75, 3.05) is 0 Å². The average Bonchev–Trinajstić information content (AvgIpc) is 2.81. The number of hydrogen-bond donors (Lipinski definition) is 1. The minimum Gasteiger partial charge on any atom is -0.458 e. The Hall–Kier alpha value is -1.65. The molecule has 102 valence electrons. The molecule has 1 heterocycles. The van der Waals surface area contributed by atoms with E-state index in [4.69, 9.17) is 4.42 Å². The molecule has 0 fully saturated rings. The van der Waals surface area contributed by atoms with Crippen molar-refractivity contribution in [2.45, 2.75) is 13.0 Å². The van der Waals surface area contributed by atoms with E-state index in [0.717, 1.165) is 10.9 Å². The van der Waals surface area contributed by atoms with Crippen LogP contribution in [-0.4, -0.2) is 5.11 Å². The van der Waals surface area contributed by atoms with E-state index in [2.05, 4.69) is 15.9 Å². The topological polar surface area (TPSA) is 33.4 Å². The molecule has 3 rings (SSSR count). The van der Waals surface area contributed by atoms with Crippen LogP contribution >= 0.6 is 15.9 Å². The van der Waals surface area contributed by atoms with Crippen LogP contribution in [-0.2, 0) is 0 Å². The second-order valence-electron chi connectivity index (χ2n) is 4.76. The molecule has 0 saturated carbocycles. The van der Waals surface area contributed by atoms with Gasteiger partial charge in [0.1, 0.15) is 23.3 Å². The van der Waals surface area contributed by atoms with Gasteiger partial charge < -0.3 is 9.52 Å². The third-order valence-electron chi connectivity index (χ3n) is 3.22. The smallest absolute Gasteiger partial charge is 0.139 e. The van der Waals surface area contributed by atoms with E-state index in [1.54, 1.807) is 18.2 Å². The molecular formula is C16H12BrFO2. The first-order valence-electron chi connectivity index (χ1n) is 6.18. The van der Waals surface area contributed by atoms with Gasteiger partial charge in [0.2, 0.25) is 0 Å². The van der Waals surface area contributed by atoms with E-state index in [-0.39, 0.29) is 5.56 Å². The van der Waals surface area contributed by atoms with E-state index in [9.17, 15) is 9.50 Å². The number of hydrogen-bond acceptors (Lipinski definition) is 2. The van der Waals surface area contributed by atoms with Crippen LogP contribution in [0.3, 0.4) is 0 Å². The summed E-state index contributed by atoms with van der Waals surface area (Å²) in [5.41, 5.74) is 1.99.